The molecule has 6 heteroatoms. The van der Waals surface area contributed by atoms with Gasteiger partial charge in [-0.05, 0) is 49.3 Å². The number of thioether (sulfide) groups is 1. The number of benzene rings is 1. The molecule has 1 atom stereocenters. The number of piperidine rings is 1. The minimum absolute atomic E-state index is 0.169. The standard InChI is InChI=1S/C16H21FN2O2S/c1-22-11-15(20)19-8-2-3-12(10-19)9-18-16(21)13-4-6-14(17)7-5-13/h4-7,12H,2-3,8-11H2,1H3,(H,18,21). The van der Waals surface area contributed by atoms with Crippen LogP contribution in [0.1, 0.15) is 23.2 Å². The molecule has 0 radical (unpaired) electrons. The van der Waals surface area contributed by atoms with Crippen LogP contribution in [0.2, 0.25) is 0 Å². The lowest BCUT2D eigenvalue weighted by Crippen LogP contribution is -2.44. The summed E-state index contributed by atoms with van der Waals surface area (Å²) in [7, 11) is 0. The molecular weight excluding hydrogens is 303 g/mol. The molecule has 0 aliphatic carbocycles. The van der Waals surface area contributed by atoms with E-state index < -0.39 is 0 Å². The van der Waals surface area contributed by atoms with Gasteiger partial charge >= 0.3 is 0 Å². The van der Waals surface area contributed by atoms with E-state index in [1.807, 2.05) is 11.2 Å². The Balaban J connectivity index is 1.82. The van der Waals surface area contributed by atoms with Crippen LogP contribution < -0.4 is 5.32 Å². The number of amides is 2. The van der Waals surface area contributed by atoms with Crippen molar-refractivity contribution in [2.45, 2.75) is 12.8 Å². The number of halogens is 1. The Kier molecular flexibility index (Phi) is 6.24. The zero-order valence-corrected chi connectivity index (χ0v) is 13.5. The van der Waals surface area contributed by atoms with E-state index in [1.165, 1.54) is 36.0 Å². The highest BCUT2D eigenvalue weighted by molar-refractivity contribution is 7.99. The lowest BCUT2D eigenvalue weighted by Gasteiger charge is -2.32. The second-order valence-electron chi connectivity index (χ2n) is 5.50. The molecule has 0 aromatic heterocycles. The van der Waals surface area contributed by atoms with Crippen LogP contribution in [-0.4, -0.2) is 48.4 Å². The highest BCUT2D eigenvalue weighted by Crippen LogP contribution is 2.17. The minimum Gasteiger partial charge on any atom is -0.352 e. The molecule has 1 aliphatic heterocycles. The summed E-state index contributed by atoms with van der Waals surface area (Å²) in [6.45, 7) is 2.05. The minimum atomic E-state index is -0.355. The van der Waals surface area contributed by atoms with Gasteiger partial charge in [0.05, 0.1) is 5.75 Å². The van der Waals surface area contributed by atoms with Crippen LogP contribution in [0.25, 0.3) is 0 Å². The number of carbonyl (C=O) groups is 2. The fourth-order valence-electron chi connectivity index (χ4n) is 2.61. The molecule has 2 amide bonds. The van der Waals surface area contributed by atoms with Crippen LogP contribution in [0.3, 0.4) is 0 Å². The van der Waals surface area contributed by atoms with Crippen molar-refractivity contribution in [2.75, 3.05) is 31.6 Å². The first-order chi connectivity index (χ1) is 10.6. The van der Waals surface area contributed by atoms with Crippen LogP contribution in [0.4, 0.5) is 4.39 Å². The van der Waals surface area contributed by atoms with Crippen molar-refractivity contribution in [3.63, 3.8) is 0 Å². The zero-order chi connectivity index (χ0) is 15.9. The molecule has 0 saturated carbocycles. The molecule has 1 fully saturated rings. The molecule has 1 N–H and O–H groups in total. The van der Waals surface area contributed by atoms with Crippen LogP contribution in [-0.2, 0) is 4.79 Å². The Labute approximate surface area is 134 Å². The SMILES string of the molecule is CSCC(=O)N1CCCC(CNC(=O)c2ccc(F)cc2)C1. The summed E-state index contributed by atoms with van der Waals surface area (Å²) in [4.78, 5) is 25.8. The van der Waals surface area contributed by atoms with E-state index in [4.69, 9.17) is 0 Å². The molecule has 1 aliphatic rings. The zero-order valence-electron chi connectivity index (χ0n) is 12.7. The van der Waals surface area contributed by atoms with E-state index in [0.717, 1.165) is 19.4 Å². The van der Waals surface area contributed by atoms with Gasteiger partial charge in [0, 0.05) is 25.2 Å². The molecular formula is C16H21FN2O2S. The molecule has 0 bridgehead atoms. The highest BCUT2D eigenvalue weighted by Gasteiger charge is 2.23. The number of likely N-dealkylation sites (tertiary alicyclic amines) is 1. The third kappa shape index (κ3) is 4.73. The summed E-state index contributed by atoms with van der Waals surface area (Å²) in [5.74, 6) is 0.402. The maximum Gasteiger partial charge on any atom is 0.251 e. The number of nitrogens with one attached hydrogen (secondary N) is 1. The molecule has 1 heterocycles. The molecule has 1 aromatic carbocycles. The first-order valence-corrected chi connectivity index (χ1v) is 8.80. The van der Waals surface area contributed by atoms with Crippen molar-refractivity contribution in [3.8, 4) is 0 Å². The van der Waals surface area contributed by atoms with Gasteiger partial charge in [-0.25, -0.2) is 4.39 Å². The van der Waals surface area contributed by atoms with E-state index in [1.54, 1.807) is 0 Å². The normalized spacial score (nSPS) is 18.1. The Hall–Kier alpha value is -1.56. The fourth-order valence-corrected chi connectivity index (χ4v) is 3.04. The average molecular weight is 324 g/mol. The van der Waals surface area contributed by atoms with Gasteiger partial charge in [0.1, 0.15) is 5.82 Å². The van der Waals surface area contributed by atoms with Gasteiger partial charge in [-0.15, -0.1) is 0 Å². The topological polar surface area (TPSA) is 49.4 Å². The quantitative estimate of drug-likeness (QED) is 0.903. The molecule has 4 nitrogen and oxygen atoms in total. The van der Waals surface area contributed by atoms with Crippen LogP contribution in [0, 0.1) is 11.7 Å². The van der Waals surface area contributed by atoms with Crippen molar-refractivity contribution in [3.05, 3.63) is 35.6 Å². The van der Waals surface area contributed by atoms with E-state index in [2.05, 4.69) is 5.32 Å². The van der Waals surface area contributed by atoms with Crippen molar-refractivity contribution in [1.82, 2.24) is 10.2 Å². The summed E-state index contributed by atoms with van der Waals surface area (Å²) in [5, 5.41) is 2.88. The third-order valence-electron chi connectivity index (χ3n) is 3.80. The van der Waals surface area contributed by atoms with Gasteiger partial charge in [0.15, 0.2) is 0 Å². The summed E-state index contributed by atoms with van der Waals surface area (Å²) in [6.07, 6.45) is 3.90. The van der Waals surface area contributed by atoms with Crippen LogP contribution in [0.15, 0.2) is 24.3 Å². The van der Waals surface area contributed by atoms with Crippen LogP contribution in [0.5, 0.6) is 0 Å². The summed E-state index contributed by atoms with van der Waals surface area (Å²) in [5.41, 5.74) is 0.451. The molecule has 1 unspecified atom stereocenters. The summed E-state index contributed by atoms with van der Waals surface area (Å²) >= 11 is 1.53. The van der Waals surface area contributed by atoms with E-state index in [-0.39, 0.29) is 23.5 Å². The van der Waals surface area contributed by atoms with E-state index >= 15 is 0 Å². The average Bonchev–Trinajstić information content (AvgIpc) is 2.54. The fraction of sp³-hybridized carbons (Fsp3) is 0.500. The van der Waals surface area contributed by atoms with Gasteiger partial charge in [-0.1, -0.05) is 0 Å². The number of hydrogen-bond acceptors (Lipinski definition) is 3. The largest absolute Gasteiger partial charge is 0.352 e. The number of carbonyl (C=O) groups excluding carboxylic acids is 2. The van der Waals surface area contributed by atoms with Crippen molar-refractivity contribution in [2.24, 2.45) is 5.92 Å². The van der Waals surface area contributed by atoms with Crippen LogP contribution >= 0.6 is 11.8 Å². The molecule has 1 aromatic rings. The lowest BCUT2D eigenvalue weighted by molar-refractivity contribution is -0.130. The Morgan fingerprint density at radius 3 is 2.77 bits per heavy atom. The predicted octanol–water partition coefficient (Wildman–Crippen LogP) is 2.16. The monoisotopic (exact) mass is 324 g/mol. The van der Waals surface area contributed by atoms with Crippen molar-refractivity contribution >= 4 is 23.6 Å². The second-order valence-corrected chi connectivity index (χ2v) is 6.36. The molecule has 22 heavy (non-hydrogen) atoms. The number of nitrogens with zero attached hydrogens (tertiary/aromatic N) is 1. The predicted molar refractivity (Wildman–Crippen MR) is 86.4 cm³/mol. The third-order valence-corrected chi connectivity index (χ3v) is 4.33. The molecule has 120 valence electrons. The smallest absolute Gasteiger partial charge is 0.251 e. The maximum atomic E-state index is 12.8. The first-order valence-electron chi connectivity index (χ1n) is 7.40. The van der Waals surface area contributed by atoms with Gasteiger partial charge in [-0.2, -0.15) is 11.8 Å². The van der Waals surface area contributed by atoms with Crippen molar-refractivity contribution in [1.29, 1.82) is 0 Å². The van der Waals surface area contributed by atoms with Crippen molar-refractivity contribution < 1.29 is 14.0 Å². The Bertz CT molecular complexity index is 521. The first kappa shape index (κ1) is 16.8. The van der Waals surface area contributed by atoms with Gasteiger partial charge in [0.25, 0.3) is 5.91 Å². The summed E-state index contributed by atoms with van der Waals surface area (Å²) in [6, 6.07) is 5.50. The van der Waals surface area contributed by atoms with Gasteiger partial charge < -0.3 is 10.2 Å². The lowest BCUT2D eigenvalue weighted by atomic mass is 9.98. The molecule has 0 spiro atoms. The van der Waals surface area contributed by atoms with Gasteiger partial charge in [0.2, 0.25) is 5.91 Å². The van der Waals surface area contributed by atoms with E-state index in [9.17, 15) is 14.0 Å². The second kappa shape index (κ2) is 8.17. The Morgan fingerprint density at radius 1 is 1.36 bits per heavy atom. The highest BCUT2D eigenvalue weighted by atomic mass is 32.2. The van der Waals surface area contributed by atoms with E-state index in [0.29, 0.717) is 24.4 Å². The summed E-state index contributed by atoms with van der Waals surface area (Å²) < 4.78 is 12.8. The number of rotatable bonds is 5. The van der Waals surface area contributed by atoms with Gasteiger partial charge in [-0.3, -0.25) is 9.59 Å². The maximum absolute atomic E-state index is 12.8. The molecule has 2 rings (SSSR count). The number of hydrogen-bond donors (Lipinski definition) is 1. The Morgan fingerprint density at radius 2 is 2.09 bits per heavy atom. The molecule has 1 saturated heterocycles.